The van der Waals surface area contributed by atoms with Crippen LogP contribution in [0.25, 0.3) is 0 Å². The summed E-state index contributed by atoms with van der Waals surface area (Å²) in [5.74, 6) is -0.983. The van der Waals surface area contributed by atoms with Crippen molar-refractivity contribution >= 4 is 62.3 Å². The van der Waals surface area contributed by atoms with Gasteiger partial charge in [0.05, 0.1) is 20.6 Å². The van der Waals surface area contributed by atoms with Gasteiger partial charge < -0.3 is 10.2 Å². The van der Waals surface area contributed by atoms with E-state index >= 15 is 0 Å². The van der Waals surface area contributed by atoms with Crippen molar-refractivity contribution in [2.75, 3.05) is 17.4 Å². The molecule has 0 saturated carbocycles. The summed E-state index contributed by atoms with van der Waals surface area (Å²) in [6, 6.07) is 27.7. The smallest absolute Gasteiger partial charge is 0.264 e. The van der Waals surface area contributed by atoms with Crippen LogP contribution in [0.3, 0.4) is 0 Å². The topological polar surface area (TPSA) is 86.8 Å². The van der Waals surface area contributed by atoms with Crippen molar-refractivity contribution in [3.63, 3.8) is 0 Å². The van der Waals surface area contributed by atoms with E-state index in [2.05, 4.69) is 5.32 Å². The lowest BCUT2D eigenvalue weighted by Gasteiger charge is -2.34. The molecule has 1 atom stereocenters. The summed E-state index contributed by atoms with van der Waals surface area (Å²) < 4.78 is 29.1. The first-order valence-corrected chi connectivity index (χ1v) is 17.1. The molecule has 4 aromatic carbocycles. The summed E-state index contributed by atoms with van der Waals surface area (Å²) >= 11 is 19.4. The maximum atomic E-state index is 14.5. The van der Waals surface area contributed by atoms with Gasteiger partial charge in [0, 0.05) is 24.5 Å². The van der Waals surface area contributed by atoms with Gasteiger partial charge in [-0.3, -0.25) is 13.9 Å². The van der Waals surface area contributed by atoms with Crippen molar-refractivity contribution in [2.45, 2.75) is 43.7 Å². The molecule has 1 N–H and O–H groups in total. The quantitative estimate of drug-likeness (QED) is 0.140. The van der Waals surface area contributed by atoms with Crippen LogP contribution in [0.1, 0.15) is 30.9 Å². The monoisotopic (exact) mass is 685 g/mol. The van der Waals surface area contributed by atoms with E-state index in [0.29, 0.717) is 17.1 Å². The number of carbonyl (C=O) groups excluding carboxylic acids is 2. The Bertz CT molecular complexity index is 1710. The van der Waals surface area contributed by atoms with Crippen LogP contribution in [0.15, 0.2) is 108 Å². The number of unbranched alkanes of at least 4 members (excludes halogenated alkanes) is 1. The molecule has 0 fully saturated rings. The van der Waals surface area contributed by atoms with E-state index in [4.69, 9.17) is 34.8 Å². The molecular weight excluding hydrogens is 653 g/mol. The minimum absolute atomic E-state index is 0.0257. The van der Waals surface area contributed by atoms with Crippen LogP contribution in [0, 0.1) is 0 Å². The highest BCUT2D eigenvalue weighted by Gasteiger charge is 2.35. The van der Waals surface area contributed by atoms with Gasteiger partial charge in [-0.2, -0.15) is 0 Å². The molecule has 0 radical (unpaired) electrons. The Morgan fingerprint density at radius 2 is 1.42 bits per heavy atom. The highest BCUT2D eigenvalue weighted by Crippen LogP contribution is 2.35. The summed E-state index contributed by atoms with van der Waals surface area (Å²) in [4.78, 5) is 29.7. The van der Waals surface area contributed by atoms with Gasteiger partial charge >= 0.3 is 0 Å². The zero-order chi connectivity index (χ0) is 32.4. The highest BCUT2D eigenvalue weighted by atomic mass is 35.5. The number of sulfonamides is 1. The average Bonchev–Trinajstić information content (AvgIpc) is 3.04. The van der Waals surface area contributed by atoms with Crippen LogP contribution in [0.5, 0.6) is 0 Å². The number of anilines is 1. The number of nitrogens with zero attached hydrogens (tertiary/aromatic N) is 2. The number of halogens is 3. The number of carbonyl (C=O) groups is 2. The average molecular weight is 687 g/mol. The molecule has 11 heteroatoms. The minimum atomic E-state index is -4.31. The Balaban J connectivity index is 1.82. The summed E-state index contributed by atoms with van der Waals surface area (Å²) in [5.41, 5.74) is 1.47. The molecule has 0 aliphatic rings. The molecule has 45 heavy (non-hydrogen) atoms. The van der Waals surface area contributed by atoms with Gasteiger partial charge in [-0.1, -0.05) is 121 Å². The lowest BCUT2D eigenvalue weighted by atomic mass is 10.0. The fraction of sp³-hybridized carbons (Fsp3) is 0.235. The van der Waals surface area contributed by atoms with Gasteiger partial charge in [0.25, 0.3) is 10.0 Å². The standard InChI is InChI=1S/C34H34Cl3N3O4S/c1-2-3-21-38-34(42)31(22-25-13-6-4-7-14-25)39(23-26-15-10-11-18-28(26)35)32(41)24-40(30-20-12-19-29(36)33(30)37)45(43,44)27-16-8-5-9-17-27/h4-20,31H,2-3,21-24H2,1H3,(H,38,42)/t31-/m1/s1. The number of benzene rings is 4. The third kappa shape index (κ3) is 8.79. The second kappa shape index (κ2) is 16.1. The van der Waals surface area contributed by atoms with Crippen molar-refractivity contribution in [3.05, 3.63) is 129 Å². The largest absolute Gasteiger partial charge is 0.354 e. The van der Waals surface area contributed by atoms with Gasteiger partial charge in [0.2, 0.25) is 11.8 Å². The first-order chi connectivity index (χ1) is 21.6. The summed E-state index contributed by atoms with van der Waals surface area (Å²) in [6.45, 7) is 1.75. The molecule has 0 heterocycles. The molecule has 0 saturated heterocycles. The Labute approximate surface area is 279 Å². The first-order valence-electron chi connectivity index (χ1n) is 14.5. The molecule has 4 aromatic rings. The maximum absolute atomic E-state index is 14.5. The van der Waals surface area contributed by atoms with Gasteiger partial charge in [-0.15, -0.1) is 0 Å². The zero-order valence-corrected chi connectivity index (χ0v) is 27.8. The number of hydrogen-bond donors (Lipinski definition) is 1. The predicted octanol–water partition coefficient (Wildman–Crippen LogP) is 7.40. The Morgan fingerprint density at radius 1 is 0.800 bits per heavy atom. The second-order valence-corrected chi connectivity index (χ2v) is 13.4. The molecule has 7 nitrogen and oxygen atoms in total. The van der Waals surface area contributed by atoms with Crippen molar-refractivity contribution in [1.29, 1.82) is 0 Å². The van der Waals surface area contributed by atoms with Gasteiger partial charge in [-0.25, -0.2) is 8.42 Å². The van der Waals surface area contributed by atoms with E-state index in [1.807, 2.05) is 37.3 Å². The number of nitrogens with one attached hydrogen (secondary N) is 1. The van der Waals surface area contributed by atoms with E-state index in [1.165, 1.54) is 29.2 Å². The van der Waals surface area contributed by atoms with Crippen molar-refractivity contribution in [3.8, 4) is 0 Å². The Kier molecular flexibility index (Phi) is 12.3. The third-order valence-corrected chi connectivity index (χ3v) is 10.2. The van der Waals surface area contributed by atoms with Crippen LogP contribution in [0.2, 0.25) is 15.1 Å². The fourth-order valence-corrected chi connectivity index (χ4v) is 6.88. The van der Waals surface area contributed by atoms with Crippen LogP contribution in [0.4, 0.5) is 5.69 Å². The van der Waals surface area contributed by atoms with Crippen molar-refractivity contribution < 1.29 is 18.0 Å². The van der Waals surface area contributed by atoms with E-state index < -0.39 is 28.5 Å². The number of amides is 2. The molecule has 0 aliphatic heterocycles. The second-order valence-electron chi connectivity index (χ2n) is 10.4. The molecule has 0 bridgehead atoms. The molecule has 0 aromatic heterocycles. The molecule has 0 aliphatic carbocycles. The molecule has 0 unspecified atom stereocenters. The van der Waals surface area contributed by atoms with Crippen molar-refractivity contribution in [1.82, 2.24) is 10.2 Å². The van der Waals surface area contributed by atoms with Crippen LogP contribution >= 0.6 is 34.8 Å². The van der Waals surface area contributed by atoms with E-state index in [-0.39, 0.29) is 39.5 Å². The summed E-state index contributed by atoms with van der Waals surface area (Å²) in [5, 5.41) is 3.47. The van der Waals surface area contributed by atoms with Crippen LogP contribution in [-0.2, 0) is 32.6 Å². The van der Waals surface area contributed by atoms with Gasteiger partial charge in [-0.05, 0) is 47.9 Å². The predicted molar refractivity (Wildman–Crippen MR) is 181 cm³/mol. The molecule has 0 spiro atoms. The normalized spacial score (nSPS) is 11.9. The maximum Gasteiger partial charge on any atom is 0.264 e. The highest BCUT2D eigenvalue weighted by molar-refractivity contribution is 7.92. The molecule has 4 rings (SSSR count). The molecule has 236 valence electrons. The van der Waals surface area contributed by atoms with Gasteiger partial charge in [0.1, 0.15) is 12.6 Å². The van der Waals surface area contributed by atoms with E-state index in [9.17, 15) is 18.0 Å². The number of rotatable bonds is 14. The van der Waals surface area contributed by atoms with E-state index in [0.717, 1.165) is 22.7 Å². The summed E-state index contributed by atoms with van der Waals surface area (Å²) in [7, 11) is -4.31. The van der Waals surface area contributed by atoms with Crippen LogP contribution in [-0.4, -0.2) is 44.3 Å². The number of hydrogen-bond acceptors (Lipinski definition) is 4. The van der Waals surface area contributed by atoms with E-state index in [1.54, 1.807) is 48.5 Å². The minimum Gasteiger partial charge on any atom is -0.354 e. The molecule has 2 amide bonds. The Hall–Kier alpha value is -3.56. The summed E-state index contributed by atoms with van der Waals surface area (Å²) in [6.07, 6.45) is 1.83. The lowest BCUT2D eigenvalue weighted by Crippen LogP contribution is -2.53. The molecular formula is C34H34Cl3N3O4S. The van der Waals surface area contributed by atoms with Crippen LogP contribution < -0.4 is 9.62 Å². The Morgan fingerprint density at radius 3 is 2.09 bits per heavy atom. The third-order valence-electron chi connectivity index (χ3n) is 7.21. The SMILES string of the molecule is CCCCNC(=O)[C@@H](Cc1ccccc1)N(Cc1ccccc1Cl)C(=O)CN(c1cccc(Cl)c1Cl)S(=O)(=O)c1ccccc1. The zero-order valence-electron chi connectivity index (χ0n) is 24.7. The van der Waals surface area contributed by atoms with Crippen molar-refractivity contribution in [2.24, 2.45) is 0 Å². The fourth-order valence-electron chi connectivity index (χ4n) is 4.79. The first kappa shape index (κ1) is 34.3. The lowest BCUT2D eigenvalue weighted by molar-refractivity contribution is -0.140. The van der Waals surface area contributed by atoms with Gasteiger partial charge in [0.15, 0.2) is 0 Å².